The number of rotatable bonds is 2. The molecule has 0 aromatic carbocycles. The molecule has 8 aliphatic carbocycles. The molecule has 0 bridgehead atoms. The van der Waals surface area contributed by atoms with Gasteiger partial charge < -0.3 is 10.2 Å². The predicted octanol–water partition coefficient (Wildman–Crippen LogP) is 9.27. The molecule has 0 aromatic rings. The fourth-order valence-corrected chi connectivity index (χ4v) is 14.0. The Labute approximate surface area is 247 Å². The lowest BCUT2D eigenvalue weighted by atomic mass is 9.53. The Balaban J connectivity index is 0.000000132. The summed E-state index contributed by atoms with van der Waals surface area (Å²) in [6.07, 6.45) is 28.2. The fourth-order valence-electron chi connectivity index (χ4n) is 14.0. The predicted molar refractivity (Wildman–Crippen MR) is 165 cm³/mol. The first kappa shape index (κ1) is 28.7. The second-order valence-electron chi connectivity index (χ2n) is 17.0. The largest absolute Gasteiger partial charge is 0.393 e. The zero-order valence-electron chi connectivity index (χ0n) is 26.3. The Hall–Kier alpha value is -0.0800. The number of hydrogen-bond acceptors (Lipinski definition) is 2. The summed E-state index contributed by atoms with van der Waals surface area (Å²) in [6, 6.07) is 0. The van der Waals surface area contributed by atoms with Gasteiger partial charge in [-0.25, -0.2) is 0 Å². The van der Waals surface area contributed by atoms with Crippen molar-refractivity contribution in [1.29, 1.82) is 0 Å². The van der Waals surface area contributed by atoms with Crippen LogP contribution >= 0.6 is 0 Å². The number of fused-ring (bicyclic) bond motifs is 10. The molecule has 0 aromatic heterocycles. The van der Waals surface area contributed by atoms with Crippen molar-refractivity contribution in [2.75, 3.05) is 0 Å². The van der Waals surface area contributed by atoms with Gasteiger partial charge in [-0.1, -0.05) is 26.7 Å². The topological polar surface area (TPSA) is 40.5 Å². The molecule has 0 saturated heterocycles. The monoisotopic (exact) mass is 552 g/mol. The SMILES string of the molecule is CCC1CC2CCC3C4CCC(O)CC4CCC3C2C1.CCC1CCC2C1CCC1C3CCC(O)CC3CCC21. The standard InChI is InChI=1S/2C19H32O/c1-2-12-9-13-3-6-17-16-8-5-15(20)11-14(16)4-7-18(17)19(13)10-12;1-2-12-3-6-17-15(12)9-10-18-16-8-5-14(20)11-13(16)4-7-19(17)18/h2*12-20H,2-11H2,1H3. The number of aliphatic hydroxyl groups excluding tert-OH is 2. The molecule has 2 heteroatoms. The van der Waals surface area contributed by atoms with E-state index in [1.54, 1.807) is 19.3 Å². The van der Waals surface area contributed by atoms with Crippen molar-refractivity contribution < 1.29 is 10.2 Å². The molecule has 2 nitrogen and oxygen atoms in total. The third-order valence-corrected chi connectivity index (χ3v) is 15.7. The van der Waals surface area contributed by atoms with Crippen LogP contribution in [0, 0.1) is 82.9 Å². The van der Waals surface area contributed by atoms with Gasteiger partial charge in [-0.15, -0.1) is 0 Å². The van der Waals surface area contributed by atoms with Gasteiger partial charge in [-0.2, -0.15) is 0 Å². The van der Waals surface area contributed by atoms with Crippen LogP contribution in [0.3, 0.4) is 0 Å². The third kappa shape index (κ3) is 5.28. The summed E-state index contributed by atoms with van der Waals surface area (Å²) in [4.78, 5) is 0. The molecular weight excluding hydrogens is 488 g/mol. The molecule has 16 unspecified atom stereocenters. The molecule has 0 aliphatic heterocycles. The van der Waals surface area contributed by atoms with Crippen molar-refractivity contribution in [2.24, 2.45) is 82.9 Å². The molecule has 40 heavy (non-hydrogen) atoms. The minimum absolute atomic E-state index is 0.0279. The summed E-state index contributed by atoms with van der Waals surface area (Å²) in [6.45, 7) is 4.82. The zero-order chi connectivity index (χ0) is 27.4. The molecule has 0 radical (unpaired) electrons. The van der Waals surface area contributed by atoms with E-state index in [0.29, 0.717) is 0 Å². The van der Waals surface area contributed by atoms with Crippen molar-refractivity contribution in [3.8, 4) is 0 Å². The Bertz CT molecular complexity index is 799. The van der Waals surface area contributed by atoms with Gasteiger partial charge in [0.15, 0.2) is 0 Å². The summed E-state index contributed by atoms with van der Waals surface area (Å²) >= 11 is 0. The Morgan fingerprint density at radius 2 is 0.800 bits per heavy atom. The second-order valence-corrected chi connectivity index (χ2v) is 17.0. The first-order valence-electron chi connectivity index (χ1n) is 18.9. The van der Waals surface area contributed by atoms with E-state index in [4.69, 9.17) is 0 Å². The highest BCUT2D eigenvalue weighted by atomic mass is 16.3. The van der Waals surface area contributed by atoms with Crippen molar-refractivity contribution in [3.05, 3.63) is 0 Å². The summed E-state index contributed by atoms with van der Waals surface area (Å²) in [5.41, 5.74) is 0. The van der Waals surface area contributed by atoms with Crippen LogP contribution < -0.4 is 0 Å². The van der Waals surface area contributed by atoms with E-state index in [2.05, 4.69) is 13.8 Å². The van der Waals surface area contributed by atoms with E-state index in [0.717, 1.165) is 109 Å². The Morgan fingerprint density at radius 3 is 1.38 bits per heavy atom. The van der Waals surface area contributed by atoms with E-state index in [1.807, 2.05) is 0 Å². The molecule has 16 atom stereocenters. The van der Waals surface area contributed by atoms with Crippen molar-refractivity contribution in [1.82, 2.24) is 0 Å². The van der Waals surface area contributed by atoms with E-state index >= 15 is 0 Å². The molecule has 8 saturated carbocycles. The van der Waals surface area contributed by atoms with Crippen LogP contribution in [0.25, 0.3) is 0 Å². The fraction of sp³-hybridized carbons (Fsp3) is 1.00. The summed E-state index contributed by atoms with van der Waals surface area (Å²) in [5.74, 6) is 14.4. The van der Waals surface area contributed by atoms with Gasteiger partial charge >= 0.3 is 0 Å². The zero-order valence-corrected chi connectivity index (χ0v) is 26.3. The Morgan fingerprint density at radius 1 is 0.375 bits per heavy atom. The van der Waals surface area contributed by atoms with E-state index in [9.17, 15) is 10.2 Å². The van der Waals surface area contributed by atoms with Crippen molar-refractivity contribution >= 4 is 0 Å². The van der Waals surface area contributed by atoms with Crippen LogP contribution in [0.15, 0.2) is 0 Å². The van der Waals surface area contributed by atoms with Crippen LogP contribution in [0.1, 0.15) is 142 Å². The van der Waals surface area contributed by atoms with Gasteiger partial charge in [0.25, 0.3) is 0 Å². The summed E-state index contributed by atoms with van der Waals surface area (Å²) in [7, 11) is 0. The highest BCUT2D eigenvalue weighted by molar-refractivity contribution is 5.02. The maximum Gasteiger partial charge on any atom is 0.0543 e. The maximum absolute atomic E-state index is 9.96. The number of aliphatic hydroxyl groups is 2. The van der Waals surface area contributed by atoms with Gasteiger partial charge in [0, 0.05) is 0 Å². The first-order valence-corrected chi connectivity index (χ1v) is 18.9. The van der Waals surface area contributed by atoms with Gasteiger partial charge in [-0.3, -0.25) is 0 Å². The molecule has 2 N–H and O–H groups in total. The lowest BCUT2D eigenvalue weighted by Crippen LogP contribution is -2.45. The summed E-state index contributed by atoms with van der Waals surface area (Å²) in [5, 5.41) is 19.9. The third-order valence-electron chi connectivity index (χ3n) is 15.7. The van der Waals surface area contributed by atoms with Gasteiger partial charge in [0.05, 0.1) is 12.2 Å². The van der Waals surface area contributed by atoms with Crippen molar-refractivity contribution in [2.45, 2.75) is 154 Å². The molecule has 0 spiro atoms. The highest BCUT2D eigenvalue weighted by Gasteiger charge is 2.52. The summed E-state index contributed by atoms with van der Waals surface area (Å²) < 4.78 is 0. The van der Waals surface area contributed by atoms with Gasteiger partial charge in [0.2, 0.25) is 0 Å². The molecule has 0 amide bonds. The quantitative estimate of drug-likeness (QED) is 0.358. The van der Waals surface area contributed by atoms with Crippen LogP contribution in [0.2, 0.25) is 0 Å². The van der Waals surface area contributed by atoms with E-state index in [1.165, 1.54) is 83.5 Å². The highest BCUT2D eigenvalue weighted by Crippen LogP contribution is 2.60. The van der Waals surface area contributed by atoms with Crippen LogP contribution in [0.5, 0.6) is 0 Å². The molecule has 8 fully saturated rings. The average molecular weight is 553 g/mol. The molecule has 0 heterocycles. The molecule has 8 aliphatic rings. The van der Waals surface area contributed by atoms with Crippen LogP contribution in [-0.4, -0.2) is 22.4 Å². The van der Waals surface area contributed by atoms with E-state index in [-0.39, 0.29) is 12.2 Å². The lowest BCUT2D eigenvalue weighted by Gasteiger charge is -2.52. The first-order chi connectivity index (χ1) is 19.5. The molecule has 8 rings (SSSR count). The average Bonchev–Trinajstić information content (AvgIpc) is 3.61. The van der Waals surface area contributed by atoms with Crippen LogP contribution in [-0.2, 0) is 0 Å². The second kappa shape index (κ2) is 12.1. The smallest absolute Gasteiger partial charge is 0.0543 e. The Kier molecular flexibility index (Phi) is 8.70. The minimum Gasteiger partial charge on any atom is -0.393 e. The molecule has 228 valence electrons. The van der Waals surface area contributed by atoms with Gasteiger partial charge in [0.1, 0.15) is 0 Å². The van der Waals surface area contributed by atoms with Crippen molar-refractivity contribution in [3.63, 3.8) is 0 Å². The maximum atomic E-state index is 9.96. The minimum atomic E-state index is 0.0279. The molecular formula is C38H64O2. The van der Waals surface area contributed by atoms with E-state index < -0.39 is 0 Å². The lowest BCUT2D eigenvalue weighted by molar-refractivity contribution is -0.0497. The van der Waals surface area contributed by atoms with Gasteiger partial charge in [-0.05, 0) is 198 Å². The van der Waals surface area contributed by atoms with Crippen LogP contribution in [0.4, 0.5) is 0 Å². The normalized spacial score (nSPS) is 54.9. The number of hydrogen-bond donors (Lipinski definition) is 2.